The molecule has 0 aliphatic heterocycles. The van der Waals surface area contributed by atoms with Gasteiger partial charge in [0.25, 0.3) is 0 Å². The topological polar surface area (TPSA) is 42.4 Å². The van der Waals surface area contributed by atoms with Gasteiger partial charge in [0.1, 0.15) is 11.6 Å². The molecule has 0 saturated carbocycles. The Hall–Kier alpha value is -1.21. The maximum absolute atomic E-state index is 12.9. The van der Waals surface area contributed by atoms with Gasteiger partial charge < -0.3 is 9.84 Å². The number of ether oxygens (including phenoxy) is 1. The average molecular weight is 345 g/mol. The highest BCUT2D eigenvalue weighted by Gasteiger charge is 2.09. The summed E-state index contributed by atoms with van der Waals surface area (Å²) in [5, 5.41) is 9.10. The zero-order valence-corrected chi connectivity index (χ0v) is 10.9. The predicted molar refractivity (Wildman–Crippen MR) is 69.4 cm³/mol. The van der Waals surface area contributed by atoms with Gasteiger partial charge in [-0.15, -0.1) is 0 Å². The van der Waals surface area contributed by atoms with E-state index in [1.54, 1.807) is 6.07 Å². The summed E-state index contributed by atoms with van der Waals surface area (Å²) in [4.78, 5) is 3.82. The molecular formula is C12H9FINO2. The smallest absolute Gasteiger partial charge is 0.224 e. The van der Waals surface area contributed by atoms with Crippen molar-refractivity contribution in [3.63, 3.8) is 0 Å². The van der Waals surface area contributed by atoms with Crippen LogP contribution in [-0.4, -0.2) is 10.1 Å². The number of aromatic nitrogens is 1. The molecule has 0 fully saturated rings. The molecule has 1 aromatic carbocycles. The van der Waals surface area contributed by atoms with Crippen molar-refractivity contribution >= 4 is 22.6 Å². The molecule has 5 heteroatoms. The molecule has 1 heterocycles. The van der Waals surface area contributed by atoms with Crippen LogP contribution in [0.1, 0.15) is 5.56 Å². The van der Waals surface area contributed by atoms with Gasteiger partial charge in [-0.25, -0.2) is 9.37 Å². The molecule has 3 nitrogen and oxygen atoms in total. The largest absolute Gasteiger partial charge is 0.438 e. The van der Waals surface area contributed by atoms with Crippen LogP contribution in [0.5, 0.6) is 11.6 Å². The number of aliphatic hydroxyl groups is 1. The maximum Gasteiger partial charge on any atom is 0.224 e. The van der Waals surface area contributed by atoms with E-state index in [-0.39, 0.29) is 12.5 Å². The number of hydrogen-bond acceptors (Lipinski definition) is 3. The van der Waals surface area contributed by atoms with Crippen molar-refractivity contribution in [1.82, 2.24) is 4.98 Å². The summed E-state index contributed by atoms with van der Waals surface area (Å²) in [6, 6.07) is 8.60. The zero-order chi connectivity index (χ0) is 12.3. The van der Waals surface area contributed by atoms with Gasteiger partial charge in [-0.2, -0.15) is 0 Å². The predicted octanol–water partition coefficient (Wildman–Crippen LogP) is 3.11. The summed E-state index contributed by atoms with van der Waals surface area (Å²) in [7, 11) is 0. The molecule has 0 aliphatic carbocycles. The normalized spacial score (nSPS) is 10.3. The second kappa shape index (κ2) is 5.42. The molecule has 0 amide bonds. The Balaban J connectivity index is 2.33. The zero-order valence-electron chi connectivity index (χ0n) is 8.73. The van der Waals surface area contributed by atoms with E-state index in [4.69, 9.17) is 9.84 Å². The van der Waals surface area contributed by atoms with Gasteiger partial charge >= 0.3 is 0 Å². The molecule has 1 aromatic heterocycles. The second-order valence-corrected chi connectivity index (χ2v) is 4.47. The minimum Gasteiger partial charge on any atom is -0.438 e. The quantitative estimate of drug-likeness (QED) is 0.870. The summed E-state index contributed by atoms with van der Waals surface area (Å²) in [6.07, 6.45) is 1.06. The number of nitrogens with zero attached hydrogens (tertiary/aromatic N) is 1. The highest BCUT2D eigenvalue weighted by atomic mass is 127. The summed E-state index contributed by atoms with van der Waals surface area (Å²) >= 11 is 2.13. The first-order valence-corrected chi connectivity index (χ1v) is 5.96. The van der Waals surface area contributed by atoms with Crippen molar-refractivity contribution in [1.29, 1.82) is 0 Å². The molecule has 2 rings (SSSR count). The number of hydrogen-bond donors (Lipinski definition) is 1. The number of rotatable bonds is 3. The molecule has 2 aromatic rings. The van der Waals surface area contributed by atoms with Gasteiger partial charge in [0.05, 0.1) is 16.4 Å². The van der Waals surface area contributed by atoms with Crippen LogP contribution in [-0.2, 0) is 6.61 Å². The minimum atomic E-state index is -0.496. The number of para-hydroxylation sites is 1. The van der Waals surface area contributed by atoms with Crippen molar-refractivity contribution in [3.05, 3.63) is 51.5 Å². The van der Waals surface area contributed by atoms with Crippen LogP contribution in [0.15, 0.2) is 36.5 Å². The van der Waals surface area contributed by atoms with Gasteiger partial charge in [-0.05, 0) is 40.8 Å². The van der Waals surface area contributed by atoms with E-state index in [0.29, 0.717) is 11.3 Å². The van der Waals surface area contributed by atoms with Gasteiger partial charge in [0.2, 0.25) is 5.88 Å². The van der Waals surface area contributed by atoms with E-state index in [1.165, 1.54) is 6.07 Å². The Labute approximate surface area is 111 Å². The Kier molecular flexibility index (Phi) is 3.90. The fourth-order valence-corrected chi connectivity index (χ4v) is 1.80. The van der Waals surface area contributed by atoms with Crippen LogP contribution >= 0.6 is 22.6 Å². The molecular weight excluding hydrogens is 336 g/mol. The van der Waals surface area contributed by atoms with E-state index in [9.17, 15) is 4.39 Å². The first-order chi connectivity index (χ1) is 8.20. The first-order valence-electron chi connectivity index (χ1n) is 4.88. The molecule has 0 aliphatic rings. The van der Waals surface area contributed by atoms with E-state index >= 15 is 0 Å². The van der Waals surface area contributed by atoms with E-state index in [1.807, 2.05) is 18.2 Å². The molecule has 0 spiro atoms. The summed E-state index contributed by atoms with van der Waals surface area (Å²) in [5.41, 5.74) is 0.324. The van der Waals surface area contributed by atoms with E-state index < -0.39 is 5.82 Å². The van der Waals surface area contributed by atoms with Crippen LogP contribution < -0.4 is 4.74 Å². The maximum atomic E-state index is 12.9. The third-order valence-corrected chi connectivity index (χ3v) is 3.00. The number of pyridine rings is 1. The van der Waals surface area contributed by atoms with E-state index in [2.05, 4.69) is 27.6 Å². The second-order valence-electron chi connectivity index (χ2n) is 3.31. The third-order valence-electron chi connectivity index (χ3n) is 2.11. The lowest BCUT2D eigenvalue weighted by Gasteiger charge is -2.09. The van der Waals surface area contributed by atoms with Crippen LogP contribution in [0.2, 0.25) is 0 Å². The summed E-state index contributed by atoms with van der Waals surface area (Å²) in [6.45, 7) is -0.316. The number of aliphatic hydroxyl groups excluding tert-OH is 1. The summed E-state index contributed by atoms with van der Waals surface area (Å²) < 4.78 is 19.4. The molecule has 17 heavy (non-hydrogen) atoms. The van der Waals surface area contributed by atoms with Crippen molar-refractivity contribution in [3.8, 4) is 11.6 Å². The molecule has 0 radical (unpaired) electrons. The Morgan fingerprint density at radius 1 is 1.35 bits per heavy atom. The lowest BCUT2D eigenvalue weighted by atomic mass is 10.3. The Morgan fingerprint density at radius 2 is 2.12 bits per heavy atom. The van der Waals surface area contributed by atoms with Gasteiger partial charge in [0.15, 0.2) is 0 Å². The minimum absolute atomic E-state index is 0.220. The SMILES string of the molecule is OCc1cc(F)cnc1Oc1ccccc1I. The lowest BCUT2D eigenvalue weighted by Crippen LogP contribution is -1.97. The van der Waals surface area contributed by atoms with Crippen molar-refractivity contribution in [2.24, 2.45) is 0 Å². The summed E-state index contributed by atoms with van der Waals surface area (Å²) in [5.74, 6) is 0.351. The standard InChI is InChI=1S/C12H9FINO2/c13-9-5-8(7-16)12(15-6-9)17-11-4-2-1-3-10(11)14/h1-6,16H,7H2. The van der Waals surface area contributed by atoms with Crippen LogP contribution in [0.3, 0.4) is 0 Å². The van der Waals surface area contributed by atoms with Crippen LogP contribution in [0, 0.1) is 9.39 Å². The highest BCUT2D eigenvalue weighted by Crippen LogP contribution is 2.27. The fraction of sp³-hybridized carbons (Fsp3) is 0.0833. The molecule has 88 valence electrons. The molecule has 1 N–H and O–H groups in total. The van der Waals surface area contributed by atoms with Crippen molar-refractivity contribution in [2.45, 2.75) is 6.61 Å². The van der Waals surface area contributed by atoms with Gasteiger partial charge in [0, 0.05) is 5.56 Å². The van der Waals surface area contributed by atoms with Crippen molar-refractivity contribution < 1.29 is 14.2 Å². The van der Waals surface area contributed by atoms with Gasteiger partial charge in [-0.3, -0.25) is 0 Å². The lowest BCUT2D eigenvalue weighted by molar-refractivity contribution is 0.274. The van der Waals surface area contributed by atoms with E-state index in [0.717, 1.165) is 9.77 Å². The number of halogens is 2. The Bertz CT molecular complexity index is 534. The number of benzene rings is 1. The molecule has 0 atom stereocenters. The van der Waals surface area contributed by atoms with Gasteiger partial charge in [-0.1, -0.05) is 12.1 Å². The van der Waals surface area contributed by atoms with Crippen LogP contribution in [0.4, 0.5) is 4.39 Å². The average Bonchev–Trinajstić information content (AvgIpc) is 2.34. The molecule has 0 unspecified atom stereocenters. The van der Waals surface area contributed by atoms with Crippen molar-refractivity contribution in [2.75, 3.05) is 0 Å². The highest BCUT2D eigenvalue weighted by molar-refractivity contribution is 14.1. The first kappa shape index (κ1) is 12.3. The monoisotopic (exact) mass is 345 g/mol. The third kappa shape index (κ3) is 2.92. The molecule has 0 bridgehead atoms. The van der Waals surface area contributed by atoms with Crippen LogP contribution in [0.25, 0.3) is 0 Å². The molecule has 0 saturated heterocycles. The fourth-order valence-electron chi connectivity index (χ4n) is 1.31. The Morgan fingerprint density at radius 3 is 2.82 bits per heavy atom.